The fourth-order valence-corrected chi connectivity index (χ4v) is 2.84. The van der Waals surface area contributed by atoms with E-state index in [9.17, 15) is 0 Å². The lowest BCUT2D eigenvalue weighted by Gasteiger charge is -2.29. The van der Waals surface area contributed by atoms with Gasteiger partial charge >= 0.3 is 0 Å². The van der Waals surface area contributed by atoms with Gasteiger partial charge in [-0.25, -0.2) is 0 Å². The standard InChI is InChI=1S/C17H28N2/c1-4-6-12-19(14(3)5-2)13-16-9-7-8-15-10-11-18-17(15)16/h7-9,14,18H,4-6,10-13H2,1-3H3. The Kier molecular flexibility index (Phi) is 5.26. The van der Waals surface area contributed by atoms with Crippen molar-refractivity contribution in [2.75, 3.05) is 18.4 Å². The van der Waals surface area contributed by atoms with Crippen LogP contribution in [0.3, 0.4) is 0 Å². The maximum Gasteiger partial charge on any atom is 0.0419 e. The molecule has 0 radical (unpaired) electrons. The molecule has 1 unspecified atom stereocenters. The number of nitrogens with one attached hydrogen (secondary N) is 1. The number of anilines is 1. The third-order valence-electron chi connectivity index (χ3n) is 4.32. The van der Waals surface area contributed by atoms with Crippen LogP contribution in [0.5, 0.6) is 0 Å². The summed E-state index contributed by atoms with van der Waals surface area (Å²) in [4.78, 5) is 2.64. The first-order chi connectivity index (χ1) is 9.26. The highest BCUT2D eigenvalue weighted by atomic mass is 15.1. The molecule has 1 atom stereocenters. The molecule has 0 bridgehead atoms. The Hall–Kier alpha value is -1.02. The van der Waals surface area contributed by atoms with Crippen molar-refractivity contribution in [1.29, 1.82) is 0 Å². The van der Waals surface area contributed by atoms with E-state index in [1.165, 1.54) is 49.0 Å². The molecule has 19 heavy (non-hydrogen) atoms. The van der Waals surface area contributed by atoms with Crippen molar-refractivity contribution < 1.29 is 0 Å². The van der Waals surface area contributed by atoms with Gasteiger partial charge in [0.1, 0.15) is 0 Å². The summed E-state index contributed by atoms with van der Waals surface area (Å²) < 4.78 is 0. The van der Waals surface area contributed by atoms with E-state index in [1.54, 1.807) is 0 Å². The number of unbranched alkanes of at least 4 members (excludes halogenated alkanes) is 1. The van der Waals surface area contributed by atoms with Crippen molar-refractivity contribution in [3.8, 4) is 0 Å². The first-order valence-corrected chi connectivity index (χ1v) is 7.85. The highest BCUT2D eigenvalue weighted by Gasteiger charge is 2.17. The van der Waals surface area contributed by atoms with Gasteiger partial charge in [-0.2, -0.15) is 0 Å². The molecule has 1 heterocycles. The van der Waals surface area contributed by atoms with Crippen LogP contribution >= 0.6 is 0 Å². The molecule has 2 rings (SSSR count). The van der Waals surface area contributed by atoms with Gasteiger partial charge in [0.2, 0.25) is 0 Å². The van der Waals surface area contributed by atoms with Gasteiger partial charge < -0.3 is 5.32 Å². The zero-order valence-electron chi connectivity index (χ0n) is 12.7. The smallest absolute Gasteiger partial charge is 0.0419 e. The van der Waals surface area contributed by atoms with E-state index in [4.69, 9.17) is 0 Å². The molecule has 2 heteroatoms. The number of hydrogen-bond donors (Lipinski definition) is 1. The lowest BCUT2D eigenvalue weighted by Crippen LogP contribution is -2.33. The number of benzene rings is 1. The van der Waals surface area contributed by atoms with Crippen LogP contribution in [0.4, 0.5) is 5.69 Å². The molecule has 1 aliphatic rings. The van der Waals surface area contributed by atoms with Crippen LogP contribution < -0.4 is 5.32 Å². The average Bonchev–Trinajstić information content (AvgIpc) is 2.91. The van der Waals surface area contributed by atoms with Gasteiger partial charge in [-0.3, -0.25) is 4.90 Å². The Labute approximate surface area is 118 Å². The van der Waals surface area contributed by atoms with Crippen LogP contribution in [0, 0.1) is 0 Å². The van der Waals surface area contributed by atoms with Crippen LogP contribution in [-0.4, -0.2) is 24.0 Å². The summed E-state index contributed by atoms with van der Waals surface area (Å²) in [5.74, 6) is 0. The first-order valence-electron chi connectivity index (χ1n) is 7.85. The number of para-hydroxylation sites is 1. The highest BCUT2D eigenvalue weighted by Crippen LogP contribution is 2.28. The van der Waals surface area contributed by atoms with Crippen molar-refractivity contribution in [2.45, 2.75) is 59.0 Å². The normalized spacial score (nSPS) is 15.4. The first kappa shape index (κ1) is 14.4. The van der Waals surface area contributed by atoms with Crippen LogP contribution in [-0.2, 0) is 13.0 Å². The van der Waals surface area contributed by atoms with Gasteiger partial charge in [0.15, 0.2) is 0 Å². The molecule has 1 N–H and O–H groups in total. The maximum absolute atomic E-state index is 3.56. The summed E-state index contributed by atoms with van der Waals surface area (Å²) in [6, 6.07) is 7.44. The third kappa shape index (κ3) is 3.50. The van der Waals surface area contributed by atoms with Gasteiger partial charge in [0.25, 0.3) is 0 Å². The quantitative estimate of drug-likeness (QED) is 0.795. The van der Waals surface area contributed by atoms with Crippen molar-refractivity contribution >= 4 is 5.69 Å². The third-order valence-corrected chi connectivity index (χ3v) is 4.32. The predicted octanol–water partition coefficient (Wildman–Crippen LogP) is 4.06. The molecule has 0 aliphatic carbocycles. The lowest BCUT2D eigenvalue weighted by atomic mass is 10.1. The van der Waals surface area contributed by atoms with Crippen LogP contribution in [0.2, 0.25) is 0 Å². The van der Waals surface area contributed by atoms with Gasteiger partial charge in [0.05, 0.1) is 0 Å². The number of fused-ring (bicyclic) bond motifs is 1. The molecule has 0 fully saturated rings. The van der Waals surface area contributed by atoms with Crippen molar-refractivity contribution in [3.63, 3.8) is 0 Å². The largest absolute Gasteiger partial charge is 0.384 e. The molecular weight excluding hydrogens is 232 g/mol. The Morgan fingerprint density at radius 3 is 2.89 bits per heavy atom. The topological polar surface area (TPSA) is 15.3 Å². The number of hydrogen-bond acceptors (Lipinski definition) is 2. The van der Waals surface area contributed by atoms with E-state index in [1.807, 2.05) is 0 Å². The molecule has 0 spiro atoms. The van der Waals surface area contributed by atoms with Gasteiger partial charge in [0, 0.05) is 24.8 Å². The van der Waals surface area contributed by atoms with Gasteiger partial charge in [-0.15, -0.1) is 0 Å². The summed E-state index contributed by atoms with van der Waals surface area (Å²) in [6.07, 6.45) is 4.98. The molecule has 1 aromatic rings. The van der Waals surface area contributed by atoms with Crippen molar-refractivity contribution in [2.24, 2.45) is 0 Å². The fraction of sp³-hybridized carbons (Fsp3) is 0.647. The summed E-state index contributed by atoms with van der Waals surface area (Å²) >= 11 is 0. The molecule has 106 valence electrons. The second kappa shape index (κ2) is 6.95. The highest BCUT2D eigenvalue weighted by molar-refractivity contribution is 5.61. The average molecular weight is 260 g/mol. The summed E-state index contributed by atoms with van der Waals surface area (Å²) in [5, 5.41) is 3.56. The van der Waals surface area contributed by atoms with Crippen molar-refractivity contribution in [1.82, 2.24) is 4.90 Å². The zero-order valence-corrected chi connectivity index (χ0v) is 12.7. The molecule has 2 nitrogen and oxygen atoms in total. The SMILES string of the molecule is CCCCN(Cc1cccc2c1NCC2)C(C)CC. The lowest BCUT2D eigenvalue weighted by molar-refractivity contribution is 0.192. The van der Waals surface area contributed by atoms with Crippen LogP contribution in [0.15, 0.2) is 18.2 Å². The van der Waals surface area contributed by atoms with E-state index in [2.05, 4.69) is 49.2 Å². The maximum atomic E-state index is 3.56. The minimum atomic E-state index is 0.670. The van der Waals surface area contributed by atoms with E-state index in [-0.39, 0.29) is 0 Å². The van der Waals surface area contributed by atoms with Gasteiger partial charge in [-0.05, 0) is 43.9 Å². The van der Waals surface area contributed by atoms with Crippen LogP contribution in [0.1, 0.15) is 51.2 Å². The van der Waals surface area contributed by atoms with Gasteiger partial charge in [-0.1, -0.05) is 38.5 Å². The minimum absolute atomic E-state index is 0.670. The van der Waals surface area contributed by atoms with E-state index in [0.717, 1.165) is 13.1 Å². The van der Waals surface area contributed by atoms with E-state index >= 15 is 0 Å². The molecule has 1 aromatic carbocycles. The molecule has 0 amide bonds. The Morgan fingerprint density at radius 2 is 2.16 bits per heavy atom. The monoisotopic (exact) mass is 260 g/mol. The molecular formula is C17H28N2. The van der Waals surface area contributed by atoms with Crippen molar-refractivity contribution in [3.05, 3.63) is 29.3 Å². The second-order valence-electron chi connectivity index (χ2n) is 5.71. The second-order valence-corrected chi connectivity index (χ2v) is 5.71. The summed E-state index contributed by atoms with van der Waals surface area (Å²) in [6.45, 7) is 10.3. The minimum Gasteiger partial charge on any atom is -0.384 e. The summed E-state index contributed by atoms with van der Waals surface area (Å²) in [7, 11) is 0. The molecule has 0 aromatic heterocycles. The Balaban J connectivity index is 2.10. The Bertz CT molecular complexity index is 400. The van der Waals surface area contributed by atoms with Crippen LogP contribution in [0.25, 0.3) is 0 Å². The molecule has 0 saturated carbocycles. The Morgan fingerprint density at radius 1 is 1.32 bits per heavy atom. The van der Waals surface area contributed by atoms with E-state index < -0.39 is 0 Å². The molecule has 1 aliphatic heterocycles. The zero-order chi connectivity index (χ0) is 13.7. The predicted molar refractivity (Wildman–Crippen MR) is 83.7 cm³/mol. The van der Waals surface area contributed by atoms with E-state index in [0.29, 0.717) is 6.04 Å². The number of rotatable bonds is 7. The number of nitrogens with zero attached hydrogens (tertiary/aromatic N) is 1. The molecule has 0 saturated heterocycles. The summed E-state index contributed by atoms with van der Waals surface area (Å²) in [5.41, 5.74) is 4.38. The fourth-order valence-electron chi connectivity index (χ4n) is 2.84.